The molecule has 2 aromatic rings. The quantitative estimate of drug-likeness (QED) is 0.850. The summed E-state index contributed by atoms with van der Waals surface area (Å²) >= 11 is 6.78. The van der Waals surface area contributed by atoms with E-state index in [1.165, 1.54) is 18.3 Å². The van der Waals surface area contributed by atoms with E-state index < -0.39 is 18.1 Å². The van der Waals surface area contributed by atoms with Gasteiger partial charge >= 0.3 is 12.3 Å². The molecule has 0 radical (unpaired) electrons. The number of anilines is 1. The molecule has 0 bridgehead atoms. The fourth-order valence-electron chi connectivity index (χ4n) is 1.64. The van der Waals surface area contributed by atoms with Crippen molar-refractivity contribution in [3.63, 3.8) is 0 Å². The van der Waals surface area contributed by atoms with Crippen molar-refractivity contribution >= 4 is 34.6 Å². The molecule has 0 aliphatic carbocycles. The van der Waals surface area contributed by atoms with Gasteiger partial charge in [0.2, 0.25) is 0 Å². The fourth-order valence-corrected chi connectivity index (χ4v) is 2.56. The molecular weight excluding hydrogens is 345 g/mol. The van der Waals surface area contributed by atoms with E-state index in [1.54, 1.807) is 0 Å². The number of halogens is 4. The first kappa shape index (κ1) is 16.4. The van der Waals surface area contributed by atoms with E-state index in [0.29, 0.717) is 4.88 Å². The number of benzene rings is 1. The van der Waals surface area contributed by atoms with Crippen molar-refractivity contribution in [2.24, 2.45) is 0 Å². The van der Waals surface area contributed by atoms with Gasteiger partial charge in [0.15, 0.2) is 10.2 Å². The van der Waals surface area contributed by atoms with Gasteiger partial charge in [-0.05, 0) is 12.1 Å². The van der Waals surface area contributed by atoms with Crippen LogP contribution < -0.4 is 10.1 Å². The Hall–Kier alpha value is -2.00. The number of carboxylic acid groups (broad SMARTS) is 1. The fraction of sp³-hybridized carbons (Fsp3) is 0.167. The first-order chi connectivity index (χ1) is 10.3. The van der Waals surface area contributed by atoms with Crippen LogP contribution in [0.4, 0.5) is 18.9 Å². The molecule has 22 heavy (non-hydrogen) atoms. The minimum atomic E-state index is -4.93. The molecule has 0 saturated carbocycles. The van der Waals surface area contributed by atoms with Crippen LogP contribution in [0.15, 0.2) is 24.4 Å². The number of carbonyl (C=O) groups is 1. The molecule has 1 aromatic carbocycles. The molecule has 1 aromatic heterocycles. The number of nitrogens with zero attached hydrogens (tertiary/aromatic N) is 1. The number of para-hydroxylation sites is 1. The van der Waals surface area contributed by atoms with Crippen molar-refractivity contribution in [2.45, 2.75) is 12.9 Å². The molecule has 0 fully saturated rings. The highest BCUT2D eigenvalue weighted by Crippen LogP contribution is 2.34. The molecule has 0 unspecified atom stereocenters. The van der Waals surface area contributed by atoms with E-state index in [0.717, 1.165) is 17.4 Å². The number of hydrogen-bond donors (Lipinski definition) is 2. The van der Waals surface area contributed by atoms with E-state index in [4.69, 9.17) is 16.7 Å². The SMILES string of the molecule is O=C(O)c1cccc(OC(F)(F)F)c1NCc1cnc(Cl)s1. The number of aromatic carboxylic acids is 1. The van der Waals surface area contributed by atoms with Crippen LogP contribution in [0.3, 0.4) is 0 Å². The number of alkyl halides is 3. The first-order valence-electron chi connectivity index (χ1n) is 5.72. The molecule has 0 aliphatic rings. The van der Waals surface area contributed by atoms with E-state index in [1.807, 2.05) is 0 Å². The Bertz CT molecular complexity index is 690. The van der Waals surface area contributed by atoms with Gasteiger partial charge < -0.3 is 15.2 Å². The molecule has 0 amide bonds. The summed E-state index contributed by atoms with van der Waals surface area (Å²) < 4.78 is 41.3. The van der Waals surface area contributed by atoms with E-state index in [2.05, 4.69) is 15.0 Å². The second kappa shape index (κ2) is 6.41. The van der Waals surface area contributed by atoms with Gasteiger partial charge in [-0.25, -0.2) is 9.78 Å². The Kier molecular flexibility index (Phi) is 4.77. The zero-order chi connectivity index (χ0) is 16.3. The number of rotatable bonds is 5. The molecule has 0 spiro atoms. The van der Waals surface area contributed by atoms with Gasteiger partial charge in [-0.3, -0.25) is 0 Å². The number of hydrogen-bond acceptors (Lipinski definition) is 5. The normalized spacial score (nSPS) is 11.3. The highest BCUT2D eigenvalue weighted by molar-refractivity contribution is 7.15. The number of ether oxygens (including phenoxy) is 1. The zero-order valence-electron chi connectivity index (χ0n) is 10.6. The maximum atomic E-state index is 12.4. The number of nitrogens with one attached hydrogen (secondary N) is 1. The van der Waals surface area contributed by atoms with Crippen molar-refractivity contribution in [2.75, 3.05) is 5.32 Å². The highest BCUT2D eigenvalue weighted by Gasteiger charge is 2.33. The number of thiazole rings is 1. The molecule has 2 rings (SSSR count). The molecule has 1 heterocycles. The maximum absolute atomic E-state index is 12.4. The van der Waals surface area contributed by atoms with Gasteiger partial charge in [0.25, 0.3) is 0 Å². The summed E-state index contributed by atoms with van der Waals surface area (Å²) in [4.78, 5) is 15.6. The molecule has 118 valence electrons. The van der Waals surface area contributed by atoms with Crippen LogP contribution in [0, 0.1) is 0 Å². The predicted octanol–water partition coefficient (Wildman–Crippen LogP) is 4.01. The van der Waals surface area contributed by atoms with E-state index in [-0.39, 0.29) is 22.3 Å². The lowest BCUT2D eigenvalue weighted by Crippen LogP contribution is -2.19. The van der Waals surface area contributed by atoms with Crippen molar-refractivity contribution in [3.8, 4) is 5.75 Å². The zero-order valence-corrected chi connectivity index (χ0v) is 12.2. The molecule has 2 N–H and O–H groups in total. The summed E-state index contributed by atoms with van der Waals surface area (Å²) in [5, 5.41) is 11.7. The average Bonchev–Trinajstić information content (AvgIpc) is 2.81. The van der Waals surface area contributed by atoms with Crippen LogP contribution in [0.5, 0.6) is 5.75 Å². The summed E-state index contributed by atoms with van der Waals surface area (Å²) in [5.74, 6) is -2.00. The van der Waals surface area contributed by atoms with Crippen molar-refractivity contribution in [3.05, 3.63) is 39.3 Å². The summed E-state index contributed by atoms with van der Waals surface area (Å²) in [7, 11) is 0. The van der Waals surface area contributed by atoms with Crippen LogP contribution in [0.1, 0.15) is 15.2 Å². The van der Waals surface area contributed by atoms with Gasteiger partial charge in [0.05, 0.1) is 17.8 Å². The monoisotopic (exact) mass is 352 g/mol. The van der Waals surface area contributed by atoms with Gasteiger partial charge in [0, 0.05) is 11.1 Å². The summed E-state index contributed by atoms with van der Waals surface area (Å²) in [5.41, 5.74) is -0.603. The van der Waals surface area contributed by atoms with Crippen LogP contribution in [0.2, 0.25) is 4.47 Å². The topological polar surface area (TPSA) is 71.5 Å². The number of aromatic nitrogens is 1. The molecule has 10 heteroatoms. The lowest BCUT2D eigenvalue weighted by atomic mass is 10.1. The second-order valence-corrected chi connectivity index (χ2v) is 5.66. The molecule has 0 aliphatic heterocycles. The van der Waals surface area contributed by atoms with Crippen molar-refractivity contribution in [1.82, 2.24) is 4.98 Å². The lowest BCUT2D eigenvalue weighted by Gasteiger charge is -2.16. The van der Waals surface area contributed by atoms with Crippen molar-refractivity contribution in [1.29, 1.82) is 0 Å². The molecule has 0 saturated heterocycles. The average molecular weight is 353 g/mol. The van der Waals surface area contributed by atoms with Gasteiger partial charge in [-0.1, -0.05) is 17.7 Å². The third-order valence-electron chi connectivity index (χ3n) is 2.45. The van der Waals surface area contributed by atoms with Crippen molar-refractivity contribution < 1.29 is 27.8 Å². The van der Waals surface area contributed by atoms with Gasteiger partial charge in [0.1, 0.15) is 0 Å². The van der Waals surface area contributed by atoms with Crippen LogP contribution in [0.25, 0.3) is 0 Å². The first-order valence-corrected chi connectivity index (χ1v) is 6.92. The highest BCUT2D eigenvalue weighted by atomic mass is 35.5. The van der Waals surface area contributed by atoms with E-state index in [9.17, 15) is 18.0 Å². The minimum Gasteiger partial charge on any atom is -0.478 e. The van der Waals surface area contributed by atoms with Gasteiger partial charge in [-0.15, -0.1) is 24.5 Å². The van der Waals surface area contributed by atoms with E-state index >= 15 is 0 Å². The Morgan fingerprint density at radius 2 is 2.18 bits per heavy atom. The van der Waals surface area contributed by atoms with Crippen LogP contribution in [-0.2, 0) is 6.54 Å². The Labute approximate surface area is 131 Å². The van der Waals surface area contributed by atoms with Gasteiger partial charge in [-0.2, -0.15) is 0 Å². The Balaban J connectivity index is 2.30. The predicted molar refractivity (Wildman–Crippen MR) is 74.5 cm³/mol. The summed E-state index contributed by atoms with van der Waals surface area (Å²) in [6, 6.07) is 3.37. The molecule has 0 atom stereocenters. The summed E-state index contributed by atoms with van der Waals surface area (Å²) in [6.45, 7) is 0.0584. The molecular formula is C12H8ClF3N2O3S. The van der Waals surface area contributed by atoms with Crippen LogP contribution in [-0.4, -0.2) is 22.4 Å². The number of carboxylic acids is 1. The van der Waals surface area contributed by atoms with Crippen LogP contribution >= 0.6 is 22.9 Å². The Morgan fingerprint density at radius 3 is 2.73 bits per heavy atom. The standard InChI is InChI=1S/C12H8ClF3N2O3S/c13-11-18-5-6(22-11)4-17-9-7(10(19)20)2-1-3-8(9)21-12(14,15)16/h1-3,5,17H,4H2,(H,19,20). The lowest BCUT2D eigenvalue weighted by molar-refractivity contribution is -0.274. The molecule has 5 nitrogen and oxygen atoms in total. The third-order valence-corrected chi connectivity index (χ3v) is 3.56. The third kappa shape index (κ3) is 4.25. The minimum absolute atomic E-state index is 0.0584. The Morgan fingerprint density at radius 1 is 1.45 bits per heavy atom. The smallest absolute Gasteiger partial charge is 0.478 e. The largest absolute Gasteiger partial charge is 0.573 e. The second-order valence-electron chi connectivity index (χ2n) is 3.96. The summed E-state index contributed by atoms with van der Waals surface area (Å²) in [6.07, 6.45) is -3.49. The maximum Gasteiger partial charge on any atom is 0.573 e.